The van der Waals surface area contributed by atoms with E-state index in [9.17, 15) is 25.9 Å². The van der Waals surface area contributed by atoms with E-state index < -0.39 is 26.0 Å². The first-order chi connectivity index (χ1) is 22.4. The molecule has 0 atom stereocenters. The van der Waals surface area contributed by atoms with Crippen LogP contribution in [0, 0.1) is 0 Å². The molecule has 2 heterocycles. The summed E-state index contributed by atoms with van der Waals surface area (Å²) in [6.07, 6.45) is 9.62. The van der Waals surface area contributed by atoms with Gasteiger partial charge in [-0.15, -0.1) is 23.5 Å². The lowest BCUT2D eigenvalue weighted by Gasteiger charge is -2.18. The van der Waals surface area contributed by atoms with Crippen LogP contribution in [0.3, 0.4) is 0 Å². The summed E-state index contributed by atoms with van der Waals surface area (Å²) in [5, 5.41) is 0.970. The molecule has 0 amide bonds. The van der Waals surface area contributed by atoms with Crippen molar-refractivity contribution in [1.29, 1.82) is 0 Å². The summed E-state index contributed by atoms with van der Waals surface area (Å²) < 4.78 is 74.7. The highest BCUT2D eigenvalue weighted by atomic mass is 32.2. The standard InChI is InChI=1S/C33H36N2O7S5/c1-4-23(19-33-35(14-8-9-16-46(36,37)38)27-21-30(43-2)31(44-3)22-29(27)45-33)18-32-34(15-17-47(39,40)41)26-20-25(12-13-28(26)42-32)24-10-6-5-7-11-24/h5-7,10-13,18-22H,4,8-9,14-17H2,1-3H3,(H-,36,37,38,39,40,41)/p+1. The summed E-state index contributed by atoms with van der Waals surface area (Å²) in [4.78, 5) is 4.12. The van der Waals surface area contributed by atoms with Crippen LogP contribution in [0.4, 0.5) is 5.69 Å². The third kappa shape index (κ3) is 8.99. The van der Waals surface area contributed by atoms with E-state index in [4.69, 9.17) is 4.74 Å². The molecule has 0 spiro atoms. The van der Waals surface area contributed by atoms with Crippen LogP contribution in [0.5, 0.6) is 5.75 Å². The molecule has 3 aromatic carbocycles. The van der Waals surface area contributed by atoms with Gasteiger partial charge in [0.15, 0.2) is 12.3 Å². The molecule has 0 radical (unpaired) electrons. The highest BCUT2D eigenvalue weighted by Crippen LogP contribution is 2.42. The van der Waals surface area contributed by atoms with Gasteiger partial charge in [-0.2, -0.15) is 21.4 Å². The van der Waals surface area contributed by atoms with Crippen LogP contribution >= 0.6 is 34.9 Å². The molecule has 0 aliphatic carbocycles. The van der Waals surface area contributed by atoms with Gasteiger partial charge in [-0.25, -0.2) is 0 Å². The van der Waals surface area contributed by atoms with Crippen molar-refractivity contribution in [2.24, 2.45) is 0 Å². The van der Waals surface area contributed by atoms with Gasteiger partial charge in [-0.05, 0) is 60.3 Å². The van der Waals surface area contributed by atoms with Gasteiger partial charge in [0.05, 0.1) is 17.2 Å². The number of aryl methyl sites for hydroxylation is 1. The second kappa shape index (κ2) is 15.1. The van der Waals surface area contributed by atoms with Gasteiger partial charge in [0.25, 0.3) is 25.2 Å². The number of aromatic nitrogens is 1. The third-order valence-corrected chi connectivity index (χ3v) is 12.0. The van der Waals surface area contributed by atoms with Gasteiger partial charge >= 0.3 is 0 Å². The van der Waals surface area contributed by atoms with E-state index in [0.29, 0.717) is 43.1 Å². The first-order valence-corrected chi connectivity index (χ1v) is 21.4. The summed E-state index contributed by atoms with van der Waals surface area (Å²) in [6, 6.07) is 20.0. The van der Waals surface area contributed by atoms with E-state index in [0.717, 1.165) is 36.8 Å². The van der Waals surface area contributed by atoms with Crippen LogP contribution in [0.2, 0.25) is 0 Å². The Bertz CT molecular complexity index is 2040. The normalized spacial score (nSPS) is 14.6. The molecular formula is C33H37N2O7S5+. The monoisotopic (exact) mass is 733 g/mol. The Balaban J connectivity index is 1.55. The highest BCUT2D eigenvalue weighted by Gasteiger charge is 2.29. The average molecular weight is 734 g/mol. The smallest absolute Gasteiger partial charge is 0.266 e. The van der Waals surface area contributed by atoms with Gasteiger partial charge < -0.3 is 9.64 Å². The van der Waals surface area contributed by atoms with E-state index in [1.54, 1.807) is 39.8 Å². The summed E-state index contributed by atoms with van der Waals surface area (Å²) in [5.41, 5.74) is 4.65. The summed E-state index contributed by atoms with van der Waals surface area (Å²) >= 11 is 5.00. The molecule has 0 bridgehead atoms. The van der Waals surface area contributed by atoms with Crippen LogP contribution in [0.15, 0.2) is 88.0 Å². The topological polar surface area (TPSA) is 125 Å². The van der Waals surface area contributed by atoms with Gasteiger partial charge in [0, 0.05) is 41.0 Å². The molecule has 250 valence electrons. The lowest BCUT2D eigenvalue weighted by Crippen LogP contribution is -2.35. The van der Waals surface area contributed by atoms with E-state index >= 15 is 0 Å². The highest BCUT2D eigenvalue weighted by molar-refractivity contribution is 8.01. The van der Waals surface area contributed by atoms with Crippen LogP contribution in [-0.4, -0.2) is 56.5 Å². The van der Waals surface area contributed by atoms with Crippen molar-refractivity contribution in [1.82, 2.24) is 0 Å². The lowest BCUT2D eigenvalue weighted by atomic mass is 10.0. The molecular weight excluding hydrogens is 697 g/mol. The Morgan fingerprint density at radius 3 is 2.28 bits per heavy atom. The van der Waals surface area contributed by atoms with E-state index in [-0.39, 0.29) is 12.3 Å². The molecule has 1 aliphatic rings. The Morgan fingerprint density at radius 1 is 0.915 bits per heavy atom. The van der Waals surface area contributed by atoms with Crippen molar-refractivity contribution >= 4 is 77.1 Å². The Labute approximate surface area is 288 Å². The van der Waals surface area contributed by atoms with Crippen molar-refractivity contribution in [2.45, 2.75) is 42.5 Å². The van der Waals surface area contributed by atoms with E-state index in [1.165, 1.54) is 4.90 Å². The molecule has 5 rings (SSSR count). The van der Waals surface area contributed by atoms with Gasteiger partial charge in [0.1, 0.15) is 4.70 Å². The number of nitrogens with zero attached hydrogens (tertiary/aromatic N) is 2. The molecule has 47 heavy (non-hydrogen) atoms. The summed E-state index contributed by atoms with van der Waals surface area (Å²) in [5.74, 6) is 0.288. The molecule has 14 heteroatoms. The minimum absolute atomic E-state index is 0.00151. The first-order valence-electron chi connectivity index (χ1n) is 14.9. The number of benzene rings is 3. The van der Waals surface area contributed by atoms with Crippen LogP contribution in [0.25, 0.3) is 27.4 Å². The maximum atomic E-state index is 11.8. The third-order valence-electron chi connectivity index (χ3n) is 7.71. The van der Waals surface area contributed by atoms with Crippen LogP contribution in [-0.2, 0) is 26.8 Å². The average Bonchev–Trinajstić information content (AvgIpc) is 3.55. The van der Waals surface area contributed by atoms with Gasteiger partial charge in [-0.1, -0.05) is 54.7 Å². The van der Waals surface area contributed by atoms with Crippen molar-refractivity contribution < 1.29 is 35.2 Å². The number of anilines is 1. The molecule has 0 saturated carbocycles. The van der Waals surface area contributed by atoms with E-state index in [1.807, 2.05) is 67.8 Å². The minimum Gasteiger partial charge on any atom is -0.439 e. The molecule has 2 N–H and O–H groups in total. The number of unbranched alkanes of at least 4 members (excludes halogenated alkanes) is 1. The maximum absolute atomic E-state index is 11.8. The molecule has 1 aliphatic heterocycles. The number of hydrogen-bond donors (Lipinski definition) is 2. The SMILES string of the molecule is CCC(=Cc1sc2cc(SC)c(SC)cc2[n+]1CCCCS(=O)(=O)O)C=C1Oc2ccc(-c3ccccc3)cc2N1CCS(=O)(=O)O. The summed E-state index contributed by atoms with van der Waals surface area (Å²) in [6.45, 7) is 2.59. The number of hydrogen-bond acceptors (Lipinski definition) is 9. The second-order valence-electron chi connectivity index (χ2n) is 10.9. The number of rotatable bonds is 14. The van der Waals surface area contributed by atoms with E-state index in [2.05, 4.69) is 29.0 Å². The molecule has 9 nitrogen and oxygen atoms in total. The maximum Gasteiger partial charge on any atom is 0.266 e. The summed E-state index contributed by atoms with van der Waals surface area (Å²) in [7, 11) is -8.27. The predicted molar refractivity (Wildman–Crippen MR) is 194 cm³/mol. The zero-order valence-electron chi connectivity index (χ0n) is 26.2. The molecule has 0 fully saturated rings. The number of fused-ring (bicyclic) bond motifs is 2. The van der Waals surface area contributed by atoms with Crippen molar-refractivity contribution in [3.63, 3.8) is 0 Å². The Kier molecular flexibility index (Phi) is 11.4. The number of allylic oxidation sites excluding steroid dienone is 2. The fourth-order valence-electron chi connectivity index (χ4n) is 5.34. The zero-order valence-corrected chi connectivity index (χ0v) is 30.3. The molecule has 0 saturated heterocycles. The molecule has 4 aromatic rings. The second-order valence-corrected chi connectivity index (χ2v) is 16.8. The minimum atomic E-state index is -4.23. The fraction of sp³-hybridized carbons (Fsp3) is 0.303. The predicted octanol–water partition coefficient (Wildman–Crippen LogP) is 7.39. The molecule has 0 unspecified atom stereocenters. The fourth-order valence-corrected chi connectivity index (χ4v) is 9.07. The lowest BCUT2D eigenvalue weighted by molar-refractivity contribution is -0.669. The number of ether oxygens (including phenoxy) is 1. The van der Waals surface area contributed by atoms with Gasteiger partial charge in [-0.3, -0.25) is 9.11 Å². The van der Waals surface area contributed by atoms with Crippen LogP contribution < -0.4 is 14.2 Å². The quantitative estimate of drug-likeness (QED) is 0.0587. The molecule has 1 aromatic heterocycles. The van der Waals surface area contributed by atoms with Crippen LogP contribution in [0.1, 0.15) is 31.2 Å². The zero-order chi connectivity index (χ0) is 33.8. The first kappa shape index (κ1) is 35.5. The van der Waals surface area contributed by atoms with Gasteiger partial charge in [0.2, 0.25) is 11.4 Å². The van der Waals surface area contributed by atoms with Crippen molar-refractivity contribution in [2.75, 3.05) is 35.5 Å². The van der Waals surface area contributed by atoms with Crippen molar-refractivity contribution in [3.8, 4) is 16.9 Å². The van der Waals surface area contributed by atoms with Crippen molar-refractivity contribution in [3.05, 3.63) is 83.2 Å². The number of thioether (sulfide) groups is 2. The Morgan fingerprint density at radius 2 is 1.62 bits per heavy atom. The Hall–Kier alpha value is -2.85. The largest absolute Gasteiger partial charge is 0.439 e. The number of thiazole rings is 1.